The van der Waals surface area contributed by atoms with E-state index in [4.69, 9.17) is 9.97 Å². The summed E-state index contributed by atoms with van der Waals surface area (Å²) in [5.74, 6) is 0.712. The number of fused-ring (bicyclic) bond motifs is 6. The minimum atomic E-state index is -0.502. The van der Waals surface area contributed by atoms with Gasteiger partial charge in [0.25, 0.3) is 0 Å². The number of hydrogen-bond donors (Lipinski definition) is 0. The zero-order valence-electron chi connectivity index (χ0n) is 34.5. The molecule has 294 valence electrons. The van der Waals surface area contributed by atoms with Crippen LogP contribution in [0.4, 0.5) is 0 Å². The summed E-state index contributed by atoms with van der Waals surface area (Å²) in [6, 6.07) is 87.8. The van der Waals surface area contributed by atoms with Crippen molar-refractivity contribution in [1.29, 1.82) is 0 Å². The molecule has 11 aromatic rings. The minimum absolute atomic E-state index is 0.502. The van der Waals surface area contributed by atoms with E-state index < -0.39 is 5.41 Å². The van der Waals surface area contributed by atoms with Gasteiger partial charge in [-0.2, -0.15) is 0 Å². The third-order valence-corrected chi connectivity index (χ3v) is 13.0. The summed E-state index contributed by atoms with van der Waals surface area (Å²) < 4.78 is 0. The molecule has 0 unspecified atom stereocenters. The van der Waals surface area contributed by atoms with Crippen molar-refractivity contribution in [2.75, 3.05) is 0 Å². The maximum absolute atomic E-state index is 5.20. The molecule has 1 heterocycles. The largest absolute Gasteiger partial charge is 0.228 e. The van der Waals surface area contributed by atoms with E-state index in [9.17, 15) is 0 Å². The lowest BCUT2D eigenvalue weighted by molar-refractivity contribution is 0.775. The number of aromatic nitrogens is 2. The predicted octanol–water partition coefficient (Wildman–Crippen LogP) is 15.5. The van der Waals surface area contributed by atoms with Gasteiger partial charge in [0.1, 0.15) is 0 Å². The molecule has 0 saturated carbocycles. The SMILES string of the molecule is c1ccc(-c2cc(-c3ccc(-c4ccc(-c5cccc6c5-c5ccc7ccccc7c5C6(c5ccccc5)c5ccccc5)cc4)c4ccccc34)nc(-c3ccccc3)n2)cc1. The average Bonchev–Trinajstić information content (AvgIpc) is 3.69. The van der Waals surface area contributed by atoms with Gasteiger partial charge in [-0.25, -0.2) is 9.97 Å². The minimum Gasteiger partial charge on any atom is -0.228 e. The first-order valence-corrected chi connectivity index (χ1v) is 21.7. The van der Waals surface area contributed by atoms with Crippen LogP contribution in [0, 0.1) is 0 Å². The molecule has 0 aliphatic heterocycles. The normalized spacial score (nSPS) is 12.6. The van der Waals surface area contributed by atoms with Crippen molar-refractivity contribution in [3.63, 3.8) is 0 Å². The molecule has 1 aliphatic carbocycles. The molecule has 1 aromatic heterocycles. The summed E-state index contributed by atoms with van der Waals surface area (Å²) in [5, 5.41) is 4.86. The number of nitrogens with zero attached hydrogens (tertiary/aromatic N) is 2. The second-order valence-corrected chi connectivity index (χ2v) is 16.4. The van der Waals surface area contributed by atoms with E-state index in [2.05, 4.69) is 218 Å². The lowest BCUT2D eigenvalue weighted by Gasteiger charge is -2.34. The monoisotopic (exact) mass is 800 g/mol. The van der Waals surface area contributed by atoms with Gasteiger partial charge in [-0.05, 0) is 83.2 Å². The van der Waals surface area contributed by atoms with E-state index >= 15 is 0 Å². The fraction of sp³-hybridized carbons (Fsp3) is 0.0164. The molecule has 0 fully saturated rings. The van der Waals surface area contributed by atoms with Crippen LogP contribution >= 0.6 is 0 Å². The first kappa shape index (κ1) is 36.6. The Morgan fingerprint density at radius 1 is 0.302 bits per heavy atom. The molecule has 0 saturated heterocycles. The quantitative estimate of drug-likeness (QED) is 0.160. The summed E-state index contributed by atoms with van der Waals surface area (Å²) >= 11 is 0. The van der Waals surface area contributed by atoms with Crippen molar-refractivity contribution in [2.24, 2.45) is 0 Å². The molecule has 12 rings (SSSR count). The molecule has 0 amide bonds. The zero-order chi connectivity index (χ0) is 41.7. The Balaban J connectivity index is 1.00. The van der Waals surface area contributed by atoms with E-state index in [1.165, 1.54) is 71.8 Å². The van der Waals surface area contributed by atoms with Crippen molar-refractivity contribution in [2.45, 2.75) is 5.41 Å². The van der Waals surface area contributed by atoms with Gasteiger partial charge in [0.05, 0.1) is 16.8 Å². The van der Waals surface area contributed by atoms with Gasteiger partial charge in [-0.1, -0.05) is 237 Å². The lowest BCUT2D eigenvalue weighted by Crippen LogP contribution is -2.28. The van der Waals surface area contributed by atoms with E-state index in [1.54, 1.807) is 0 Å². The second kappa shape index (κ2) is 15.1. The highest BCUT2D eigenvalue weighted by molar-refractivity contribution is 6.06. The Labute approximate surface area is 367 Å². The summed E-state index contributed by atoms with van der Waals surface area (Å²) in [7, 11) is 0. The number of hydrogen-bond acceptors (Lipinski definition) is 2. The molecule has 0 radical (unpaired) electrons. The molecular weight excluding hydrogens is 761 g/mol. The van der Waals surface area contributed by atoms with Gasteiger partial charge >= 0.3 is 0 Å². The van der Waals surface area contributed by atoms with Crippen LogP contribution in [0.25, 0.3) is 88.8 Å². The van der Waals surface area contributed by atoms with Gasteiger partial charge in [0.2, 0.25) is 0 Å². The van der Waals surface area contributed by atoms with E-state index in [0.29, 0.717) is 5.82 Å². The van der Waals surface area contributed by atoms with Gasteiger partial charge in [0, 0.05) is 16.7 Å². The Kier molecular flexibility index (Phi) is 8.76. The topological polar surface area (TPSA) is 25.8 Å². The summed E-state index contributed by atoms with van der Waals surface area (Å²) in [6.45, 7) is 0. The maximum Gasteiger partial charge on any atom is 0.160 e. The first-order valence-electron chi connectivity index (χ1n) is 21.7. The van der Waals surface area contributed by atoms with E-state index in [0.717, 1.165) is 33.5 Å². The fourth-order valence-electron chi connectivity index (χ4n) is 10.2. The second-order valence-electron chi connectivity index (χ2n) is 16.4. The molecule has 0 N–H and O–H groups in total. The molecule has 0 bridgehead atoms. The van der Waals surface area contributed by atoms with Crippen molar-refractivity contribution in [3.8, 4) is 67.3 Å². The van der Waals surface area contributed by atoms with E-state index in [1.807, 2.05) is 24.3 Å². The van der Waals surface area contributed by atoms with Crippen LogP contribution in [0.3, 0.4) is 0 Å². The maximum atomic E-state index is 5.20. The highest BCUT2D eigenvalue weighted by atomic mass is 14.9. The van der Waals surface area contributed by atoms with Crippen LogP contribution in [-0.2, 0) is 5.41 Å². The zero-order valence-corrected chi connectivity index (χ0v) is 34.5. The first-order chi connectivity index (χ1) is 31.3. The summed E-state index contributed by atoms with van der Waals surface area (Å²) in [4.78, 5) is 10.2. The van der Waals surface area contributed by atoms with Crippen LogP contribution in [0.1, 0.15) is 22.3 Å². The Morgan fingerprint density at radius 2 is 0.810 bits per heavy atom. The third kappa shape index (κ3) is 5.95. The lowest BCUT2D eigenvalue weighted by atomic mass is 9.66. The molecule has 10 aromatic carbocycles. The summed E-state index contributed by atoms with van der Waals surface area (Å²) in [6.07, 6.45) is 0. The highest BCUT2D eigenvalue weighted by Crippen LogP contribution is 2.60. The standard InChI is InChI=1S/C61H40N2/c1-5-19-44(20-6-1)56-40-57(63-60(62-56)45-21-7-2-8-22-45)53-39-38-48(51-28-15-16-29-52(51)53)42-32-34-43(35-33-42)49-30-17-31-55-58(49)54-37-36-41-18-13-14-27-50(41)59(54)61(55,46-23-9-3-10-24-46)47-25-11-4-12-26-47/h1-40H. The molecular formula is C61H40N2. The van der Waals surface area contributed by atoms with Crippen LogP contribution < -0.4 is 0 Å². The molecule has 0 atom stereocenters. The summed E-state index contributed by atoms with van der Waals surface area (Å²) in [5.41, 5.74) is 17.0. The van der Waals surface area contributed by atoms with Crippen LogP contribution in [0.5, 0.6) is 0 Å². The highest BCUT2D eigenvalue weighted by Gasteiger charge is 2.47. The Morgan fingerprint density at radius 3 is 1.48 bits per heavy atom. The van der Waals surface area contributed by atoms with Gasteiger partial charge < -0.3 is 0 Å². The molecule has 2 nitrogen and oxygen atoms in total. The van der Waals surface area contributed by atoms with Gasteiger partial charge in [-0.3, -0.25) is 0 Å². The van der Waals surface area contributed by atoms with Crippen molar-refractivity contribution in [1.82, 2.24) is 9.97 Å². The van der Waals surface area contributed by atoms with E-state index in [-0.39, 0.29) is 0 Å². The van der Waals surface area contributed by atoms with Gasteiger partial charge in [-0.15, -0.1) is 0 Å². The number of benzene rings is 10. The smallest absolute Gasteiger partial charge is 0.160 e. The van der Waals surface area contributed by atoms with Crippen molar-refractivity contribution in [3.05, 3.63) is 265 Å². The average molecular weight is 801 g/mol. The molecule has 0 spiro atoms. The van der Waals surface area contributed by atoms with Crippen molar-refractivity contribution >= 4 is 21.5 Å². The third-order valence-electron chi connectivity index (χ3n) is 13.0. The van der Waals surface area contributed by atoms with Crippen LogP contribution in [-0.4, -0.2) is 9.97 Å². The van der Waals surface area contributed by atoms with Crippen molar-refractivity contribution < 1.29 is 0 Å². The number of rotatable bonds is 7. The molecule has 1 aliphatic rings. The molecule has 63 heavy (non-hydrogen) atoms. The van der Waals surface area contributed by atoms with Crippen LogP contribution in [0.15, 0.2) is 243 Å². The predicted molar refractivity (Wildman–Crippen MR) is 262 cm³/mol. The fourth-order valence-corrected chi connectivity index (χ4v) is 10.2. The Bertz CT molecular complexity index is 3370. The molecule has 2 heteroatoms. The van der Waals surface area contributed by atoms with Crippen LogP contribution in [0.2, 0.25) is 0 Å². The van der Waals surface area contributed by atoms with Gasteiger partial charge in [0.15, 0.2) is 5.82 Å². The Hall–Kier alpha value is -8.20.